The van der Waals surface area contributed by atoms with Gasteiger partial charge < -0.3 is 14.7 Å². The maximum atomic E-state index is 12.7. The van der Waals surface area contributed by atoms with Crippen LogP contribution in [0.1, 0.15) is 18.9 Å². The molecule has 1 aliphatic heterocycles. The van der Waals surface area contributed by atoms with Crippen molar-refractivity contribution in [1.82, 2.24) is 4.90 Å². The normalized spacial score (nSPS) is 14.1. The summed E-state index contributed by atoms with van der Waals surface area (Å²) in [6, 6.07) is 15.5. The first-order valence-electron chi connectivity index (χ1n) is 9.57. The van der Waals surface area contributed by atoms with Gasteiger partial charge in [-0.3, -0.25) is 9.59 Å². The topological polar surface area (TPSA) is 43.9 Å². The van der Waals surface area contributed by atoms with Crippen LogP contribution in [-0.2, 0) is 9.59 Å². The number of amides is 2. The molecule has 2 amide bonds. The van der Waals surface area contributed by atoms with Gasteiger partial charge in [0.1, 0.15) is 0 Å². The molecule has 0 N–H and O–H groups in total. The summed E-state index contributed by atoms with van der Waals surface area (Å²) < 4.78 is 0. The number of hydrogen-bond acceptors (Lipinski definition) is 3. The summed E-state index contributed by atoms with van der Waals surface area (Å²) in [7, 11) is 0. The van der Waals surface area contributed by atoms with Gasteiger partial charge in [0.25, 0.3) is 0 Å². The molecule has 0 radical (unpaired) electrons. The smallest absolute Gasteiger partial charge is 0.224 e. The summed E-state index contributed by atoms with van der Waals surface area (Å²) in [4.78, 5) is 30.5. The second-order valence-corrected chi connectivity index (χ2v) is 7.54. The van der Waals surface area contributed by atoms with Crippen molar-refractivity contribution in [2.75, 3.05) is 42.5 Å². The van der Waals surface area contributed by atoms with Gasteiger partial charge in [-0.25, -0.2) is 0 Å². The van der Waals surface area contributed by atoms with Crippen molar-refractivity contribution in [3.05, 3.63) is 59.1 Å². The van der Waals surface area contributed by atoms with Crippen LogP contribution < -0.4 is 9.80 Å². The minimum Gasteiger partial charge on any atom is -0.368 e. The van der Waals surface area contributed by atoms with Gasteiger partial charge in [0.15, 0.2) is 0 Å². The largest absolute Gasteiger partial charge is 0.368 e. The lowest BCUT2D eigenvalue weighted by molar-refractivity contribution is -0.131. The van der Waals surface area contributed by atoms with E-state index in [0.29, 0.717) is 31.1 Å². The van der Waals surface area contributed by atoms with E-state index in [1.54, 1.807) is 29.2 Å². The maximum Gasteiger partial charge on any atom is 0.224 e. The molecule has 0 aliphatic carbocycles. The van der Waals surface area contributed by atoms with E-state index in [9.17, 15) is 9.59 Å². The summed E-state index contributed by atoms with van der Waals surface area (Å²) in [5.41, 5.74) is 3.20. The molecule has 0 unspecified atom stereocenters. The standard InChI is InChI=1S/C22H26ClN3O2/c1-17-4-3-5-21(16-17)24-12-14-25(15-13-24)22(28)10-11-26(18(2)27)20-8-6-19(23)7-9-20/h3-9,16H,10-15H2,1-2H3. The fourth-order valence-corrected chi connectivity index (χ4v) is 3.62. The first kappa shape index (κ1) is 20.2. The van der Waals surface area contributed by atoms with Crippen LogP contribution in [0.15, 0.2) is 48.5 Å². The van der Waals surface area contributed by atoms with Crippen molar-refractivity contribution in [3.8, 4) is 0 Å². The third-order valence-corrected chi connectivity index (χ3v) is 5.32. The van der Waals surface area contributed by atoms with E-state index in [0.717, 1.165) is 18.8 Å². The third kappa shape index (κ3) is 5.04. The monoisotopic (exact) mass is 399 g/mol. The molecule has 5 nitrogen and oxygen atoms in total. The van der Waals surface area contributed by atoms with Crippen LogP contribution in [0.3, 0.4) is 0 Å². The van der Waals surface area contributed by atoms with Gasteiger partial charge in [0, 0.05) is 62.5 Å². The molecule has 148 valence electrons. The molecule has 0 saturated carbocycles. The van der Waals surface area contributed by atoms with Crippen molar-refractivity contribution in [2.24, 2.45) is 0 Å². The van der Waals surface area contributed by atoms with Crippen molar-refractivity contribution in [2.45, 2.75) is 20.3 Å². The zero-order chi connectivity index (χ0) is 20.1. The summed E-state index contributed by atoms with van der Waals surface area (Å²) in [6.07, 6.45) is 0.312. The molecule has 0 aromatic heterocycles. The predicted octanol–water partition coefficient (Wildman–Crippen LogP) is 3.74. The Bertz CT molecular complexity index is 830. The number of anilines is 2. The number of rotatable bonds is 5. The molecule has 3 rings (SSSR count). The fourth-order valence-electron chi connectivity index (χ4n) is 3.49. The maximum absolute atomic E-state index is 12.7. The van der Waals surface area contributed by atoms with Crippen LogP contribution >= 0.6 is 11.6 Å². The molecule has 0 atom stereocenters. The molecule has 1 saturated heterocycles. The number of carbonyl (C=O) groups excluding carboxylic acids is 2. The van der Waals surface area contributed by atoms with E-state index in [1.165, 1.54) is 18.2 Å². The number of carbonyl (C=O) groups is 2. The Morgan fingerprint density at radius 3 is 2.32 bits per heavy atom. The lowest BCUT2D eigenvalue weighted by Gasteiger charge is -2.36. The van der Waals surface area contributed by atoms with E-state index in [-0.39, 0.29) is 11.8 Å². The Labute approximate surface area is 171 Å². The van der Waals surface area contributed by atoms with Crippen LogP contribution in [-0.4, -0.2) is 49.4 Å². The second kappa shape index (κ2) is 9.11. The van der Waals surface area contributed by atoms with Crippen LogP contribution in [0, 0.1) is 6.92 Å². The van der Waals surface area contributed by atoms with Gasteiger partial charge in [-0.1, -0.05) is 23.7 Å². The van der Waals surface area contributed by atoms with Gasteiger partial charge in [-0.2, -0.15) is 0 Å². The van der Waals surface area contributed by atoms with Crippen molar-refractivity contribution < 1.29 is 9.59 Å². The molecule has 6 heteroatoms. The molecule has 0 bridgehead atoms. The zero-order valence-corrected chi connectivity index (χ0v) is 17.2. The third-order valence-electron chi connectivity index (χ3n) is 5.07. The molecule has 1 fully saturated rings. The lowest BCUT2D eigenvalue weighted by atomic mass is 10.2. The van der Waals surface area contributed by atoms with Crippen molar-refractivity contribution in [3.63, 3.8) is 0 Å². The average molecular weight is 400 g/mol. The van der Waals surface area contributed by atoms with E-state index < -0.39 is 0 Å². The summed E-state index contributed by atoms with van der Waals surface area (Å²) in [6.45, 7) is 7.02. The van der Waals surface area contributed by atoms with Crippen molar-refractivity contribution in [1.29, 1.82) is 0 Å². The summed E-state index contributed by atoms with van der Waals surface area (Å²) in [5.74, 6) is 0.00324. The molecule has 2 aromatic rings. The number of aryl methyl sites for hydroxylation is 1. The number of halogens is 1. The highest BCUT2D eigenvalue weighted by Crippen LogP contribution is 2.20. The zero-order valence-electron chi connectivity index (χ0n) is 16.4. The Hall–Kier alpha value is -2.53. The van der Waals surface area contributed by atoms with E-state index in [4.69, 9.17) is 11.6 Å². The Balaban J connectivity index is 1.53. The summed E-state index contributed by atoms with van der Waals surface area (Å²) in [5, 5.41) is 0.620. The van der Waals surface area contributed by atoms with Crippen LogP contribution in [0.5, 0.6) is 0 Å². The van der Waals surface area contributed by atoms with Crippen LogP contribution in [0.2, 0.25) is 5.02 Å². The number of hydrogen-bond donors (Lipinski definition) is 0. The minimum atomic E-state index is -0.0839. The molecule has 28 heavy (non-hydrogen) atoms. The van der Waals surface area contributed by atoms with Crippen LogP contribution in [0.4, 0.5) is 11.4 Å². The van der Waals surface area contributed by atoms with Gasteiger partial charge in [0.2, 0.25) is 11.8 Å². The minimum absolute atomic E-state index is 0.0839. The number of nitrogens with zero attached hydrogens (tertiary/aromatic N) is 3. The number of benzene rings is 2. The fraction of sp³-hybridized carbons (Fsp3) is 0.364. The first-order valence-corrected chi connectivity index (χ1v) is 9.95. The highest BCUT2D eigenvalue weighted by molar-refractivity contribution is 6.30. The Morgan fingerprint density at radius 2 is 1.71 bits per heavy atom. The van der Waals surface area contributed by atoms with E-state index in [1.807, 2.05) is 4.90 Å². The Morgan fingerprint density at radius 1 is 1.04 bits per heavy atom. The second-order valence-electron chi connectivity index (χ2n) is 7.10. The predicted molar refractivity (Wildman–Crippen MR) is 114 cm³/mol. The van der Waals surface area contributed by atoms with Gasteiger partial charge in [0.05, 0.1) is 0 Å². The number of piperazine rings is 1. The van der Waals surface area contributed by atoms with E-state index >= 15 is 0 Å². The summed E-state index contributed by atoms with van der Waals surface area (Å²) >= 11 is 5.92. The lowest BCUT2D eigenvalue weighted by Crippen LogP contribution is -2.49. The highest BCUT2D eigenvalue weighted by atomic mass is 35.5. The van der Waals surface area contributed by atoms with Crippen molar-refractivity contribution >= 4 is 34.8 Å². The van der Waals surface area contributed by atoms with Crippen LogP contribution in [0.25, 0.3) is 0 Å². The average Bonchev–Trinajstić information content (AvgIpc) is 2.69. The molecule has 1 heterocycles. The molecule has 0 spiro atoms. The van der Waals surface area contributed by atoms with E-state index in [2.05, 4.69) is 36.1 Å². The SMILES string of the molecule is CC(=O)N(CCC(=O)N1CCN(c2cccc(C)c2)CC1)c1ccc(Cl)cc1. The molecular weight excluding hydrogens is 374 g/mol. The molecule has 2 aromatic carbocycles. The quantitative estimate of drug-likeness (QED) is 0.769. The van der Waals surface area contributed by atoms with Gasteiger partial charge >= 0.3 is 0 Å². The molecule has 1 aliphatic rings. The van der Waals surface area contributed by atoms with Gasteiger partial charge in [-0.05, 0) is 48.9 Å². The highest BCUT2D eigenvalue weighted by Gasteiger charge is 2.22. The first-order chi connectivity index (χ1) is 13.4. The van der Waals surface area contributed by atoms with Gasteiger partial charge in [-0.15, -0.1) is 0 Å². The Kier molecular flexibility index (Phi) is 6.57. The molecular formula is C22H26ClN3O2.